The van der Waals surface area contributed by atoms with Gasteiger partial charge in [0.15, 0.2) is 22.6 Å². The van der Waals surface area contributed by atoms with Crippen LogP contribution in [0.3, 0.4) is 0 Å². The fraction of sp³-hybridized carbons (Fsp3) is 0.167. The maximum atomic E-state index is 13.5. The second kappa shape index (κ2) is 5.05. The van der Waals surface area contributed by atoms with E-state index < -0.39 is 23.1 Å². The predicted octanol–water partition coefficient (Wildman–Crippen LogP) is 3.91. The molecule has 0 saturated carbocycles. The molecule has 0 fully saturated rings. The molecule has 2 rings (SSSR count). The van der Waals surface area contributed by atoms with Crippen molar-refractivity contribution in [2.75, 3.05) is 5.32 Å². The van der Waals surface area contributed by atoms with E-state index >= 15 is 0 Å². The Morgan fingerprint density at radius 1 is 1.05 bits per heavy atom. The van der Waals surface area contributed by atoms with E-state index in [2.05, 4.69) is 15.3 Å². The lowest BCUT2D eigenvalue weighted by Gasteiger charge is -2.10. The van der Waals surface area contributed by atoms with Crippen molar-refractivity contribution in [3.05, 3.63) is 46.1 Å². The molecule has 100 valence electrons. The highest BCUT2D eigenvalue weighted by Gasteiger charge is 2.14. The number of nitrogens with zero attached hydrogens (tertiary/aromatic N) is 2. The summed E-state index contributed by atoms with van der Waals surface area (Å²) in [6.07, 6.45) is 0. The zero-order chi connectivity index (χ0) is 14.2. The molecule has 0 radical (unpaired) electrons. The minimum atomic E-state index is -1.30. The molecular formula is C12H9ClF3N3. The molecule has 0 spiro atoms. The average molecular weight is 288 g/mol. The summed E-state index contributed by atoms with van der Waals surface area (Å²) in [4.78, 5) is 8.03. The molecule has 1 aromatic heterocycles. The van der Waals surface area contributed by atoms with Crippen molar-refractivity contribution in [2.24, 2.45) is 0 Å². The van der Waals surface area contributed by atoms with E-state index in [1.807, 2.05) is 0 Å². The summed E-state index contributed by atoms with van der Waals surface area (Å²) in [6.45, 7) is 3.40. The smallest absolute Gasteiger partial charge is 0.182 e. The third-order valence-electron chi connectivity index (χ3n) is 2.51. The number of rotatable bonds is 2. The minimum absolute atomic E-state index is 0.00725. The molecule has 1 heterocycles. The first kappa shape index (κ1) is 13.6. The summed E-state index contributed by atoms with van der Waals surface area (Å²) < 4.78 is 39.6. The Morgan fingerprint density at radius 3 is 2.37 bits per heavy atom. The van der Waals surface area contributed by atoms with E-state index in [1.165, 1.54) is 0 Å². The summed E-state index contributed by atoms with van der Waals surface area (Å²) in [5, 5.41) is 2.42. The second-order valence-corrected chi connectivity index (χ2v) is 4.27. The summed E-state index contributed by atoms with van der Waals surface area (Å²) in [5.41, 5.74) is 0.794. The van der Waals surface area contributed by atoms with Gasteiger partial charge >= 0.3 is 0 Å². The molecule has 3 nitrogen and oxygen atoms in total. The van der Waals surface area contributed by atoms with Crippen LogP contribution < -0.4 is 5.32 Å². The van der Waals surface area contributed by atoms with Gasteiger partial charge in [0.2, 0.25) is 0 Å². The molecule has 0 atom stereocenters. The van der Waals surface area contributed by atoms with Crippen molar-refractivity contribution in [3.8, 4) is 0 Å². The van der Waals surface area contributed by atoms with Crippen LogP contribution in [0, 0.1) is 31.3 Å². The molecular weight excluding hydrogens is 279 g/mol. The quantitative estimate of drug-likeness (QED) is 0.851. The summed E-state index contributed by atoms with van der Waals surface area (Å²) >= 11 is 5.84. The van der Waals surface area contributed by atoms with E-state index in [-0.39, 0.29) is 11.0 Å². The van der Waals surface area contributed by atoms with E-state index in [9.17, 15) is 13.2 Å². The first-order valence-corrected chi connectivity index (χ1v) is 5.68. The lowest BCUT2D eigenvalue weighted by Crippen LogP contribution is -2.03. The van der Waals surface area contributed by atoms with Gasteiger partial charge in [-0.1, -0.05) is 11.6 Å². The zero-order valence-electron chi connectivity index (χ0n) is 10.1. The Morgan fingerprint density at radius 2 is 1.68 bits per heavy atom. The van der Waals surface area contributed by atoms with Gasteiger partial charge in [-0.05, 0) is 13.8 Å². The van der Waals surface area contributed by atoms with Crippen LogP contribution in [0.25, 0.3) is 0 Å². The molecule has 1 aromatic carbocycles. The zero-order valence-corrected chi connectivity index (χ0v) is 10.8. The van der Waals surface area contributed by atoms with Crippen LogP contribution >= 0.6 is 11.6 Å². The van der Waals surface area contributed by atoms with Crippen LogP contribution in [-0.2, 0) is 0 Å². The SMILES string of the molecule is Cc1nc(Cl)c(Nc2cc(F)cc(F)c2F)nc1C. The lowest BCUT2D eigenvalue weighted by atomic mass is 10.2. The van der Waals surface area contributed by atoms with Crippen LogP contribution in [0.1, 0.15) is 11.4 Å². The topological polar surface area (TPSA) is 37.8 Å². The number of halogens is 4. The molecule has 0 unspecified atom stereocenters. The second-order valence-electron chi connectivity index (χ2n) is 3.91. The maximum absolute atomic E-state index is 13.5. The van der Waals surface area contributed by atoms with Gasteiger partial charge in [0, 0.05) is 12.1 Å². The van der Waals surface area contributed by atoms with E-state index in [0.717, 1.165) is 6.07 Å². The van der Waals surface area contributed by atoms with Crippen molar-refractivity contribution in [3.63, 3.8) is 0 Å². The Bertz CT molecular complexity index is 647. The highest BCUT2D eigenvalue weighted by molar-refractivity contribution is 6.31. The molecule has 0 amide bonds. The average Bonchev–Trinajstić information content (AvgIpc) is 2.32. The first-order valence-electron chi connectivity index (χ1n) is 5.31. The predicted molar refractivity (Wildman–Crippen MR) is 66.1 cm³/mol. The highest BCUT2D eigenvalue weighted by atomic mass is 35.5. The highest BCUT2D eigenvalue weighted by Crippen LogP contribution is 2.26. The molecule has 1 N–H and O–H groups in total. The third kappa shape index (κ3) is 2.78. The summed E-state index contributed by atoms with van der Waals surface area (Å²) in [6, 6.07) is 1.26. The standard InChI is InChI=1S/C12H9ClF3N3/c1-5-6(2)18-12(11(13)17-5)19-9-4-7(14)3-8(15)10(9)16/h3-4H,1-2H3,(H,18,19). The number of aromatic nitrogens is 2. The molecule has 19 heavy (non-hydrogen) atoms. The van der Waals surface area contributed by atoms with Crippen LogP contribution in [0.4, 0.5) is 24.7 Å². The number of anilines is 2. The third-order valence-corrected chi connectivity index (χ3v) is 2.77. The van der Waals surface area contributed by atoms with Crippen molar-refractivity contribution in [2.45, 2.75) is 13.8 Å². The number of hydrogen-bond acceptors (Lipinski definition) is 3. The Labute approximate surface area is 112 Å². The van der Waals surface area contributed by atoms with E-state index in [1.54, 1.807) is 13.8 Å². The lowest BCUT2D eigenvalue weighted by molar-refractivity contribution is 0.498. The van der Waals surface area contributed by atoms with Gasteiger partial charge in [-0.15, -0.1) is 0 Å². The molecule has 0 saturated heterocycles. The summed E-state index contributed by atoms with van der Waals surface area (Å²) in [7, 11) is 0. The van der Waals surface area contributed by atoms with Crippen molar-refractivity contribution >= 4 is 23.1 Å². The molecule has 0 bridgehead atoms. The molecule has 0 aliphatic carbocycles. The number of nitrogens with one attached hydrogen (secondary N) is 1. The Kier molecular flexibility index (Phi) is 3.61. The van der Waals surface area contributed by atoms with Gasteiger partial charge in [0.1, 0.15) is 5.82 Å². The van der Waals surface area contributed by atoms with Crippen molar-refractivity contribution < 1.29 is 13.2 Å². The molecule has 2 aromatic rings. The fourth-order valence-corrected chi connectivity index (χ4v) is 1.65. The molecule has 7 heteroatoms. The van der Waals surface area contributed by atoms with Crippen LogP contribution in [-0.4, -0.2) is 9.97 Å². The summed E-state index contributed by atoms with van der Waals surface area (Å²) in [5.74, 6) is -3.38. The van der Waals surface area contributed by atoms with Crippen LogP contribution in [0.2, 0.25) is 5.15 Å². The maximum Gasteiger partial charge on any atom is 0.182 e. The first-order chi connectivity index (χ1) is 8.88. The van der Waals surface area contributed by atoms with Gasteiger partial charge in [-0.25, -0.2) is 23.1 Å². The monoisotopic (exact) mass is 287 g/mol. The van der Waals surface area contributed by atoms with Crippen LogP contribution in [0.15, 0.2) is 12.1 Å². The van der Waals surface area contributed by atoms with Crippen molar-refractivity contribution in [1.82, 2.24) is 9.97 Å². The van der Waals surface area contributed by atoms with Gasteiger partial charge in [0.25, 0.3) is 0 Å². The van der Waals surface area contributed by atoms with Gasteiger partial charge in [-0.2, -0.15) is 0 Å². The number of benzene rings is 1. The van der Waals surface area contributed by atoms with Crippen LogP contribution in [0.5, 0.6) is 0 Å². The number of hydrogen-bond donors (Lipinski definition) is 1. The van der Waals surface area contributed by atoms with Gasteiger partial charge < -0.3 is 5.32 Å². The van der Waals surface area contributed by atoms with E-state index in [4.69, 9.17) is 11.6 Å². The Balaban J connectivity index is 2.44. The van der Waals surface area contributed by atoms with Gasteiger partial charge in [0.05, 0.1) is 17.1 Å². The van der Waals surface area contributed by atoms with E-state index in [0.29, 0.717) is 17.5 Å². The largest absolute Gasteiger partial charge is 0.335 e. The number of aryl methyl sites for hydroxylation is 2. The normalized spacial score (nSPS) is 10.6. The molecule has 0 aliphatic heterocycles. The van der Waals surface area contributed by atoms with Gasteiger partial charge in [-0.3, -0.25) is 0 Å². The Hall–Kier alpha value is -1.82. The molecule has 0 aliphatic rings. The minimum Gasteiger partial charge on any atom is -0.335 e. The fourth-order valence-electron chi connectivity index (χ4n) is 1.43. The van der Waals surface area contributed by atoms with Crippen molar-refractivity contribution in [1.29, 1.82) is 0 Å².